The maximum atomic E-state index is 12.1. The third-order valence-electron chi connectivity index (χ3n) is 2.57. The Balaban J connectivity index is 0. The molecule has 9 nitrogen and oxygen atoms in total. The van der Waals surface area contributed by atoms with Gasteiger partial charge in [-0.2, -0.15) is 8.42 Å². The standard InChI is InChI=1S/C14H20O9S.Na.H/c1-9(2)11(15)21-6-14(5,7-22-12(16)10(3)4)13(17)23-8-24(18,19)20;;/h1,3,6-8H2,2,4-5H3,(H,18,19,20);;. The van der Waals surface area contributed by atoms with E-state index in [1.807, 2.05) is 0 Å². The van der Waals surface area contributed by atoms with Crippen LogP contribution in [0.1, 0.15) is 20.8 Å². The first kappa shape index (κ1) is 26.0. The van der Waals surface area contributed by atoms with Crippen molar-refractivity contribution >= 4 is 57.6 Å². The van der Waals surface area contributed by atoms with Crippen LogP contribution in [0.15, 0.2) is 24.3 Å². The van der Waals surface area contributed by atoms with Gasteiger partial charge in [-0.05, 0) is 20.8 Å². The molecule has 0 heterocycles. The van der Waals surface area contributed by atoms with Crippen molar-refractivity contribution in [3.8, 4) is 0 Å². The molecule has 1 N–H and O–H groups in total. The third kappa shape index (κ3) is 10.4. The second kappa shape index (κ2) is 10.7. The molecule has 0 rings (SSSR count). The number of hydrogen-bond acceptors (Lipinski definition) is 8. The molecule has 0 saturated heterocycles. The van der Waals surface area contributed by atoms with Crippen molar-refractivity contribution in [2.45, 2.75) is 20.8 Å². The quantitative estimate of drug-likeness (QED) is 0.190. The summed E-state index contributed by atoms with van der Waals surface area (Å²) in [6.45, 7) is 9.61. The number of carbonyl (C=O) groups is 3. The van der Waals surface area contributed by atoms with Gasteiger partial charge in [-0.3, -0.25) is 9.35 Å². The van der Waals surface area contributed by atoms with Crippen molar-refractivity contribution in [3.63, 3.8) is 0 Å². The fourth-order valence-electron chi connectivity index (χ4n) is 1.16. The average molecular weight is 388 g/mol. The number of ether oxygens (including phenoxy) is 3. The molecule has 0 aliphatic heterocycles. The summed E-state index contributed by atoms with van der Waals surface area (Å²) >= 11 is 0. The summed E-state index contributed by atoms with van der Waals surface area (Å²) in [6.07, 6.45) is 0. The van der Waals surface area contributed by atoms with Crippen LogP contribution in [0.4, 0.5) is 0 Å². The number of carbonyl (C=O) groups excluding carboxylic acids is 3. The van der Waals surface area contributed by atoms with E-state index in [0.29, 0.717) is 0 Å². The molecule has 0 unspecified atom stereocenters. The summed E-state index contributed by atoms with van der Waals surface area (Å²) in [7, 11) is -4.56. The molecule has 11 heteroatoms. The molecule has 0 bridgehead atoms. The molecule has 138 valence electrons. The van der Waals surface area contributed by atoms with Crippen LogP contribution in [0, 0.1) is 5.41 Å². The predicted octanol–water partition coefficient (Wildman–Crippen LogP) is -0.0287. The van der Waals surface area contributed by atoms with E-state index in [1.165, 1.54) is 20.8 Å². The van der Waals surface area contributed by atoms with Gasteiger partial charge in [0.1, 0.15) is 18.6 Å². The van der Waals surface area contributed by atoms with Crippen LogP contribution >= 0.6 is 0 Å². The topological polar surface area (TPSA) is 133 Å². The molecule has 0 fully saturated rings. The van der Waals surface area contributed by atoms with E-state index in [0.717, 1.165) is 0 Å². The first-order valence-electron chi connectivity index (χ1n) is 6.56. The van der Waals surface area contributed by atoms with Crippen molar-refractivity contribution < 1.29 is 41.6 Å². The molecule has 0 aromatic carbocycles. The monoisotopic (exact) mass is 388 g/mol. The van der Waals surface area contributed by atoms with Gasteiger partial charge >= 0.3 is 57.6 Å². The van der Waals surface area contributed by atoms with E-state index >= 15 is 0 Å². The Bertz CT molecular complexity index is 621. The summed E-state index contributed by atoms with van der Waals surface area (Å²) < 4.78 is 44.1. The van der Waals surface area contributed by atoms with E-state index in [2.05, 4.69) is 17.9 Å². The predicted molar refractivity (Wildman–Crippen MR) is 89.3 cm³/mol. The van der Waals surface area contributed by atoms with Crippen molar-refractivity contribution in [3.05, 3.63) is 24.3 Å². The SMILES string of the molecule is C=C(C)C(=O)OCC(C)(COC(=O)C(=C)C)C(=O)OCS(=O)(=O)O.[NaH]. The summed E-state index contributed by atoms with van der Waals surface area (Å²) in [5, 5.41) is 0. The van der Waals surface area contributed by atoms with Gasteiger partial charge in [-0.1, -0.05) is 13.2 Å². The van der Waals surface area contributed by atoms with Crippen LogP contribution in [0.25, 0.3) is 0 Å². The fourth-order valence-corrected chi connectivity index (χ4v) is 1.41. The zero-order chi connectivity index (χ0) is 19.1. The Morgan fingerprint density at radius 2 is 1.32 bits per heavy atom. The van der Waals surface area contributed by atoms with Gasteiger partial charge in [0.05, 0.1) is 0 Å². The van der Waals surface area contributed by atoms with E-state index < -0.39 is 52.6 Å². The van der Waals surface area contributed by atoms with Crippen LogP contribution < -0.4 is 0 Å². The van der Waals surface area contributed by atoms with Crippen molar-refractivity contribution in [1.82, 2.24) is 0 Å². The molecule has 0 aromatic rings. The molecule has 0 radical (unpaired) electrons. The molecule has 0 aliphatic rings. The molecular weight excluding hydrogens is 367 g/mol. The number of rotatable bonds is 9. The van der Waals surface area contributed by atoms with Crippen LogP contribution in [0.5, 0.6) is 0 Å². The van der Waals surface area contributed by atoms with E-state index in [4.69, 9.17) is 14.0 Å². The van der Waals surface area contributed by atoms with Crippen LogP contribution in [-0.2, 0) is 38.7 Å². The average Bonchev–Trinajstić information content (AvgIpc) is 2.46. The molecule has 0 saturated carbocycles. The van der Waals surface area contributed by atoms with Gasteiger partial charge < -0.3 is 14.2 Å². The molecule has 0 aromatic heterocycles. The fraction of sp³-hybridized carbons (Fsp3) is 0.500. The number of esters is 3. The van der Waals surface area contributed by atoms with E-state index in [9.17, 15) is 22.8 Å². The van der Waals surface area contributed by atoms with Gasteiger partial charge in [0.15, 0.2) is 0 Å². The minimum absolute atomic E-state index is 0. The number of hydrogen-bond donors (Lipinski definition) is 1. The third-order valence-corrected chi connectivity index (χ3v) is 2.99. The summed E-state index contributed by atoms with van der Waals surface area (Å²) in [6, 6.07) is 0. The Hall–Kier alpha value is -1.20. The first-order valence-corrected chi connectivity index (χ1v) is 8.17. The molecule has 0 atom stereocenters. The van der Waals surface area contributed by atoms with Crippen LogP contribution in [-0.4, -0.2) is 79.6 Å². The van der Waals surface area contributed by atoms with Crippen molar-refractivity contribution in [2.75, 3.05) is 19.2 Å². The van der Waals surface area contributed by atoms with Crippen LogP contribution in [0.2, 0.25) is 0 Å². The Labute approximate surface area is 168 Å². The second-order valence-corrected chi connectivity index (χ2v) is 6.80. The normalized spacial score (nSPS) is 10.9. The summed E-state index contributed by atoms with van der Waals surface area (Å²) in [5.74, 6) is -4.03. The van der Waals surface area contributed by atoms with E-state index in [1.54, 1.807) is 0 Å². The maximum absolute atomic E-state index is 12.1. The molecule has 0 spiro atoms. The molecular formula is C14H21NaO9S. The van der Waals surface area contributed by atoms with Gasteiger partial charge in [0.2, 0.25) is 5.94 Å². The van der Waals surface area contributed by atoms with Crippen molar-refractivity contribution in [1.29, 1.82) is 0 Å². The molecule has 25 heavy (non-hydrogen) atoms. The Kier molecular flexibility index (Phi) is 11.2. The van der Waals surface area contributed by atoms with Crippen molar-refractivity contribution in [2.24, 2.45) is 5.41 Å². The zero-order valence-corrected chi connectivity index (χ0v) is 14.5. The van der Waals surface area contributed by atoms with Crippen LogP contribution in [0.3, 0.4) is 0 Å². The molecule has 0 aliphatic carbocycles. The van der Waals surface area contributed by atoms with Gasteiger partial charge in [-0.15, -0.1) is 0 Å². The first-order chi connectivity index (χ1) is 10.8. The zero-order valence-electron chi connectivity index (χ0n) is 13.7. The summed E-state index contributed by atoms with van der Waals surface area (Å²) in [5.41, 5.74) is -1.55. The minimum atomic E-state index is -4.56. The Morgan fingerprint density at radius 1 is 0.960 bits per heavy atom. The summed E-state index contributed by atoms with van der Waals surface area (Å²) in [4.78, 5) is 34.9. The van der Waals surface area contributed by atoms with Gasteiger partial charge in [0.25, 0.3) is 0 Å². The van der Waals surface area contributed by atoms with Gasteiger partial charge in [0, 0.05) is 11.1 Å². The Morgan fingerprint density at radius 3 is 1.60 bits per heavy atom. The molecule has 0 amide bonds. The second-order valence-electron chi connectivity index (χ2n) is 5.41. The van der Waals surface area contributed by atoms with Gasteiger partial charge in [-0.25, -0.2) is 9.59 Å². The van der Waals surface area contributed by atoms with E-state index in [-0.39, 0.29) is 40.7 Å².